The molecule has 0 heterocycles. The first kappa shape index (κ1) is 15.3. The van der Waals surface area contributed by atoms with Gasteiger partial charge in [-0.2, -0.15) is 0 Å². The summed E-state index contributed by atoms with van der Waals surface area (Å²) in [5, 5.41) is 0. The topological polar surface area (TPSA) is 18.5 Å². The average molecular weight is 274 g/mol. The predicted molar refractivity (Wildman–Crippen MR) is 69.7 cm³/mol. The smallest absolute Gasteiger partial charge is 0.325 e. The summed E-state index contributed by atoms with van der Waals surface area (Å²) in [5.41, 5.74) is 0.608. The molecule has 0 saturated carbocycles. The van der Waals surface area contributed by atoms with Crippen molar-refractivity contribution in [2.45, 2.75) is 32.7 Å². The van der Waals surface area contributed by atoms with Gasteiger partial charge in [0.05, 0.1) is 0 Å². The summed E-state index contributed by atoms with van der Waals surface area (Å²) in [7, 11) is -1.87. The first-order valence-electron chi connectivity index (χ1n) is 6.33. The van der Waals surface area contributed by atoms with E-state index in [1.165, 1.54) is 12.1 Å². The molecule has 0 aliphatic rings. The van der Waals surface area contributed by atoms with Gasteiger partial charge in [0.15, 0.2) is 0 Å². The SMILES string of the molecule is CCCO[SiH](Cc1cc(F)cc(F)c1)OCCC. The van der Waals surface area contributed by atoms with E-state index < -0.39 is 20.9 Å². The molecule has 0 radical (unpaired) electrons. The van der Waals surface area contributed by atoms with Crippen LogP contribution in [0.3, 0.4) is 0 Å². The van der Waals surface area contributed by atoms with E-state index in [1.54, 1.807) is 0 Å². The maximum atomic E-state index is 13.1. The van der Waals surface area contributed by atoms with E-state index in [1.807, 2.05) is 13.8 Å². The molecular weight excluding hydrogens is 254 g/mol. The molecule has 0 bridgehead atoms. The largest absolute Gasteiger partial charge is 0.396 e. The van der Waals surface area contributed by atoms with Gasteiger partial charge in [-0.1, -0.05) is 13.8 Å². The fourth-order valence-corrected chi connectivity index (χ4v) is 3.54. The Hall–Kier alpha value is -0.783. The van der Waals surface area contributed by atoms with Crippen LogP contribution in [0, 0.1) is 11.6 Å². The van der Waals surface area contributed by atoms with E-state index in [4.69, 9.17) is 8.85 Å². The Morgan fingerprint density at radius 1 is 0.944 bits per heavy atom. The highest BCUT2D eigenvalue weighted by Crippen LogP contribution is 2.11. The molecular formula is C13H20F2O2Si. The average Bonchev–Trinajstić information content (AvgIpc) is 2.31. The Morgan fingerprint density at radius 3 is 1.89 bits per heavy atom. The van der Waals surface area contributed by atoms with Gasteiger partial charge in [-0.25, -0.2) is 8.78 Å². The van der Waals surface area contributed by atoms with Gasteiger partial charge in [0.25, 0.3) is 0 Å². The fourth-order valence-electron chi connectivity index (χ4n) is 1.59. The van der Waals surface area contributed by atoms with Gasteiger partial charge in [-0.05, 0) is 30.5 Å². The minimum absolute atomic E-state index is 0.495. The van der Waals surface area contributed by atoms with Crippen LogP contribution in [-0.4, -0.2) is 22.5 Å². The molecule has 18 heavy (non-hydrogen) atoms. The minimum atomic E-state index is -1.87. The summed E-state index contributed by atoms with van der Waals surface area (Å²) < 4.78 is 37.5. The van der Waals surface area contributed by atoms with E-state index in [-0.39, 0.29) is 0 Å². The van der Waals surface area contributed by atoms with Crippen molar-refractivity contribution in [3.05, 3.63) is 35.4 Å². The highest BCUT2D eigenvalue weighted by molar-refractivity contribution is 6.43. The molecule has 0 aromatic heterocycles. The summed E-state index contributed by atoms with van der Waals surface area (Å²) in [6.07, 6.45) is 1.83. The maximum Gasteiger partial charge on any atom is 0.325 e. The molecule has 0 amide bonds. The monoisotopic (exact) mass is 274 g/mol. The zero-order chi connectivity index (χ0) is 13.4. The van der Waals surface area contributed by atoms with Crippen molar-refractivity contribution >= 4 is 9.28 Å². The summed E-state index contributed by atoms with van der Waals surface area (Å²) in [6, 6.07) is 4.05. The van der Waals surface area contributed by atoms with Crippen LogP contribution in [0.15, 0.2) is 18.2 Å². The van der Waals surface area contributed by atoms with Crippen molar-refractivity contribution in [2.24, 2.45) is 0 Å². The first-order chi connectivity index (χ1) is 8.65. The van der Waals surface area contributed by atoms with E-state index >= 15 is 0 Å². The van der Waals surface area contributed by atoms with Crippen molar-refractivity contribution in [3.63, 3.8) is 0 Å². The third-order valence-electron chi connectivity index (χ3n) is 2.34. The normalized spacial score (nSPS) is 11.2. The van der Waals surface area contributed by atoms with Gasteiger partial charge in [-0.3, -0.25) is 0 Å². The second-order valence-corrected chi connectivity index (χ2v) is 6.09. The van der Waals surface area contributed by atoms with Crippen LogP contribution in [0.25, 0.3) is 0 Å². The van der Waals surface area contributed by atoms with Crippen molar-refractivity contribution in [1.82, 2.24) is 0 Å². The lowest BCUT2D eigenvalue weighted by atomic mass is 10.2. The molecule has 0 spiro atoms. The highest BCUT2D eigenvalue weighted by Gasteiger charge is 2.15. The molecule has 1 rings (SSSR count). The van der Waals surface area contributed by atoms with Crippen molar-refractivity contribution in [1.29, 1.82) is 0 Å². The molecule has 0 aliphatic heterocycles. The number of hydrogen-bond acceptors (Lipinski definition) is 2. The van der Waals surface area contributed by atoms with Gasteiger partial charge < -0.3 is 8.85 Å². The minimum Gasteiger partial charge on any atom is -0.396 e. The fraction of sp³-hybridized carbons (Fsp3) is 0.538. The number of halogens is 2. The predicted octanol–water partition coefficient (Wildman–Crippen LogP) is 3.12. The molecule has 0 unspecified atom stereocenters. The van der Waals surface area contributed by atoms with E-state index in [2.05, 4.69) is 0 Å². The van der Waals surface area contributed by atoms with E-state index in [0.29, 0.717) is 24.8 Å². The second-order valence-electron chi connectivity index (χ2n) is 4.15. The quantitative estimate of drug-likeness (QED) is 0.678. The Labute approximate surface area is 109 Å². The first-order valence-corrected chi connectivity index (χ1v) is 8.09. The summed E-state index contributed by atoms with van der Waals surface area (Å²) in [5.74, 6) is -1.10. The van der Waals surface area contributed by atoms with Gasteiger partial charge in [0.2, 0.25) is 0 Å². The Balaban J connectivity index is 2.62. The lowest BCUT2D eigenvalue weighted by molar-refractivity contribution is 0.196. The van der Waals surface area contributed by atoms with Crippen molar-refractivity contribution in [3.8, 4) is 0 Å². The molecule has 0 N–H and O–H groups in total. The van der Waals surface area contributed by atoms with E-state index in [0.717, 1.165) is 18.9 Å². The molecule has 0 fully saturated rings. The van der Waals surface area contributed by atoms with Crippen LogP contribution >= 0.6 is 0 Å². The Bertz CT molecular complexity index is 333. The summed E-state index contributed by atoms with van der Waals surface area (Å²) >= 11 is 0. The Morgan fingerprint density at radius 2 is 1.44 bits per heavy atom. The standard InChI is InChI=1S/C13H20F2O2Si/c1-3-5-16-18(17-6-4-2)10-11-7-12(14)9-13(15)8-11/h7-9,18H,3-6,10H2,1-2H3. The molecule has 0 aliphatic carbocycles. The summed E-state index contributed by atoms with van der Waals surface area (Å²) in [6.45, 7) is 5.32. The number of hydrogen-bond donors (Lipinski definition) is 0. The van der Waals surface area contributed by atoms with Crippen LogP contribution in [0.2, 0.25) is 0 Å². The second kappa shape index (κ2) is 8.34. The van der Waals surface area contributed by atoms with Gasteiger partial charge in [0.1, 0.15) is 11.6 Å². The van der Waals surface area contributed by atoms with Crippen LogP contribution in [0.4, 0.5) is 8.78 Å². The lowest BCUT2D eigenvalue weighted by Crippen LogP contribution is -2.27. The third kappa shape index (κ3) is 5.71. The molecule has 0 atom stereocenters. The van der Waals surface area contributed by atoms with Crippen molar-refractivity contribution in [2.75, 3.05) is 13.2 Å². The zero-order valence-corrected chi connectivity index (χ0v) is 12.1. The molecule has 1 aromatic carbocycles. The third-order valence-corrected chi connectivity index (χ3v) is 4.36. The van der Waals surface area contributed by atoms with Gasteiger partial charge in [-0.15, -0.1) is 0 Å². The molecule has 102 valence electrons. The van der Waals surface area contributed by atoms with Gasteiger partial charge >= 0.3 is 9.28 Å². The molecule has 5 heteroatoms. The van der Waals surface area contributed by atoms with Crippen LogP contribution in [-0.2, 0) is 14.9 Å². The molecule has 1 aromatic rings. The lowest BCUT2D eigenvalue weighted by Gasteiger charge is -2.16. The van der Waals surface area contributed by atoms with Crippen molar-refractivity contribution < 1.29 is 17.6 Å². The highest BCUT2D eigenvalue weighted by atomic mass is 28.3. The number of rotatable bonds is 8. The van der Waals surface area contributed by atoms with E-state index in [9.17, 15) is 8.78 Å². The van der Waals surface area contributed by atoms with Crippen LogP contribution in [0.1, 0.15) is 32.3 Å². The summed E-state index contributed by atoms with van der Waals surface area (Å²) in [4.78, 5) is 0. The maximum absolute atomic E-state index is 13.1. The van der Waals surface area contributed by atoms with Gasteiger partial charge in [0, 0.05) is 25.3 Å². The number of benzene rings is 1. The van der Waals surface area contributed by atoms with Crippen LogP contribution < -0.4 is 0 Å². The zero-order valence-electron chi connectivity index (χ0n) is 10.9. The Kier molecular flexibility index (Phi) is 7.08. The molecule has 2 nitrogen and oxygen atoms in total. The molecule has 0 saturated heterocycles. The van der Waals surface area contributed by atoms with Crippen LogP contribution in [0.5, 0.6) is 0 Å².